The van der Waals surface area contributed by atoms with Gasteiger partial charge in [0.2, 0.25) is 11.7 Å². The first-order valence-electron chi connectivity index (χ1n) is 10.2. The smallest absolute Gasteiger partial charge is 0.374 e. The summed E-state index contributed by atoms with van der Waals surface area (Å²) in [6, 6.07) is 7.45. The van der Waals surface area contributed by atoms with E-state index in [1.165, 1.54) is 0 Å². The van der Waals surface area contributed by atoms with Crippen molar-refractivity contribution in [3.63, 3.8) is 0 Å². The Morgan fingerprint density at radius 3 is 2.69 bits per heavy atom. The molecule has 29 heavy (non-hydrogen) atoms. The van der Waals surface area contributed by atoms with Crippen LogP contribution in [0.15, 0.2) is 28.7 Å². The van der Waals surface area contributed by atoms with Crippen molar-refractivity contribution in [3.8, 4) is 0 Å². The van der Waals surface area contributed by atoms with Crippen LogP contribution in [0.3, 0.4) is 0 Å². The molecule has 0 spiro atoms. The highest BCUT2D eigenvalue weighted by Crippen LogP contribution is 2.31. The molecule has 0 unspecified atom stereocenters. The second-order valence-electron chi connectivity index (χ2n) is 7.62. The van der Waals surface area contributed by atoms with Crippen LogP contribution < -0.4 is 0 Å². The zero-order valence-corrected chi connectivity index (χ0v) is 16.5. The third-order valence-corrected chi connectivity index (χ3v) is 5.78. The van der Waals surface area contributed by atoms with E-state index in [-0.39, 0.29) is 37.3 Å². The number of nitrogens with zero attached hydrogens (tertiary/aromatic N) is 1. The van der Waals surface area contributed by atoms with Crippen LogP contribution in [0.1, 0.15) is 55.1 Å². The van der Waals surface area contributed by atoms with Gasteiger partial charge < -0.3 is 18.8 Å². The van der Waals surface area contributed by atoms with E-state index in [2.05, 4.69) is 0 Å². The van der Waals surface area contributed by atoms with Crippen molar-refractivity contribution in [1.29, 1.82) is 0 Å². The summed E-state index contributed by atoms with van der Waals surface area (Å²) in [6.07, 6.45) is 4.47. The molecule has 0 radical (unpaired) electrons. The molecule has 1 aliphatic carbocycles. The second-order valence-corrected chi connectivity index (χ2v) is 7.62. The average Bonchev–Trinajstić information content (AvgIpc) is 3.44. The molecular weight excluding hydrogens is 374 g/mol. The molecule has 1 atom stereocenters. The minimum Gasteiger partial charge on any atom is -0.460 e. The highest BCUT2D eigenvalue weighted by molar-refractivity contribution is 5.96. The molecule has 1 amide bonds. The monoisotopic (exact) mass is 399 g/mol. The summed E-state index contributed by atoms with van der Waals surface area (Å²) in [5, 5.41) is 0.707. The highest BCUT2D eigenvalue weighted by Gasteiger charge is 2.39. The SMILES string of the molecule is CCOC(=O)c1oc2ccccc2c1COC(=O)[C@@H]1CC(=O)N(C2CCCC2)C1. The highest BCUT2D eigenvalue weighted by atomic mass is 16.5. The van der Waals surface area contributed by atoms with E-state index < -0.39 is 17.9 Å². The molecule has 1 aromatic carbocycles. The Labute approximate surface area is 168 Å². The largest absolute Gasteiger partial charge is 0.460 e. The van der Waals surface area contributed by atoms with Crippen molar-refractivity contribution in [1.82, 2.24) is 4.90 Å². The molecule has 154 valence electrons. The van der Waals surface area contributed by atoms with Crippen LogP contribution in [0.25, 0.3) is 11.0 Å². The maximum absolute atomic E-state index is 12.6. The Balaban J connectivity index is 1.46. The van der Waals surface area contributed by atoms with E-state index in [0.29, 0.717) is 23.1 Å². The van der Waals surface area contributed by atoms with E-state index in [1.54, 1.807) is 19.1 Å². The molecule has 0 bridgehead atoms. The van der Waals surface area contributed by atoms with Crippen LogP contribution >= 0.6 is 0 Å². The fourth-order valence-corrected chi connectivity index (χ4v) is 4.32. The Morgan fingerprint density at radius 2 is 1.93 bits per heavy atom. The number of furan rings is 1. The molecule has 7 heteroatoms. The van der Waals surface area contributed by atoms with Gasteiger partial charge in [0.1, 0.15) is 12.2 Å². The number of carbonyl (C=O) groups is 3. The Kier molecular flexibility index (Phi) is 5.56. The van der Waals surface area contributed by atoms with E-state index in [0.717, 1.165) is 25.7 Å². The molecule has 7 nitrogen and oxygen atoms in total. The van der Waals surface area contributed by atoms with E-state index in [1.807, 2.05) is 17.0 Å². The molecule has 1 aliphatic heterocycles. The fourth-order valence-electron chi connectivity index (χ4n) is 4.32. The van der Waals surface area contributed by atoms with Gasteiger partial charge in [-0.2, -0.15) is 0 Å². The number of benzene rings is 1. The number of hydrogen-bond donors (Lipinski definition) is 0. The molecule has 2 aliphatic rings. The molecule has 0 N–H and O–H groups in total. The second kappa shape index (κ2) is 8.27. The lowest BCUT2D eigenvalue weighted by Crippen LogP contribution is -2.35. The van der Waals surface area contributed by atoms with E-state index >= 15 is 0 Å². The average molecular weight is 399 g/mol. The Hall–Kier alpha value is -2.83. The van der Waals surface area contributed by atoms with Gasteiger partial charge >= 0.3 is 11.9 Å². The Bertz CT molecular complexity index is 927. The van der Waals surface area contributed by atoms with Crippen LogP contribution in [0, 0.1) is 5.92 Å². The van der Waals surface area contributed by atoms with Crippen molar-refractivity contribution in [2.75, 3.05) is 13.2 Å². The zero-order valence-electron chi connectivity index (χ0n) is 16.5. The lowest BCUT2D eigenvalue weighted by Gasteiger charge is -2.23. The summed E-state index contributed by atoms with van der Waals surface area (Å²) in [4.78, 5) is 39.1. The third kappa shape index (κ3) is 3.86. The minimum atomic E-state index is -0.585. The zero-order chi connectivity index (χ0) is 20.4. The maximum atomic E-state index is 12.6. The van der Waals surface area contributed by atoms with Crippen LogP contribution in [-0.4, -0.2) is 41.9 Å². The lowest BCUT2D eigenvalue weighted by atomic mass is 10.1. The quantitative estimate of drug-likeness (QED) is 0.692. The van der Waals surface area contributed by atoms with Gasteiger partial charge in [0.15, 0.2) is 0 Å². The topological polar surface area (TPSA) is 86.0 Å². The predicted molar refractivity (Wildman–Crippen MR) is 104 cm³/mol. The number of ether oxygens (including phenoxy) is 2. The number of rotatable bonds is 6. The molecule has 4 rings (SSSR count). The predicted octanol–water partition coefficient (Wildman–Crippen LogP) is 3.44. The summed E-state index contributed by atoms with van der Waals surface area (Å²) >= 11 is 0. The number of fused-ring (bicyclic) bond motifs is 1. The summed E-state index contributed by atoms with van der Waals surface area (Å²) in [5.41, 5.74) is 1.02. The number of carbonyl (C=O) groups excluding carboxylic acids is 3. The minimum absolute atomic E-state index is 0.0276. The normalized spacial score (nSPS) is 19.8. The van der Waals surface area contributed by atoms with Crippen LogP contribution in [0.5, 0.6) is 0 Å². The first-order chi connectivity index (χ1) is 14.1. The van der Waals surface area contributed by atoms with Gasteiger partial charge in [-0.05, 0) is 25.8 Å². The molecule has 1 saturated carbocycles. The first-order valence-corrected chi connectivity index (χ1v) is 10.2. The Morgan fingerprint density at radius 1 is 1.17 bits per heavy atom. The number of esters is 2. The standard InChI is InChI=1S/C22H25NO6/c1-2-27-22(26)20-17(16-9-5-6-10-18(16)29-20)13-28-21(25)14-11-19(24)23(12-14)15-7-3-4-8-15/h5-6,9-10,14-15H,2-4,7-8,11-13H2,1H3/t14-/m1/s1. The number of amides is 1. The van der Waals surface area contributed by atoms with Gasteiger partial charge in [0.25, 0.3) is 0 Å². The molecule has 1 saturated heterocycles. The fraction of sp³-hybridized carbons (Fsp3) is 0.500. The van der Waals surface area contributed by atoms with Crippen molar-refractivity contribution >= 4 is 28.8 Å². The summed E-state index contributed by atoms with van der Waals surface area (Å²) in [5.74, 6) is -1.39. The molecular formula is C22H25NO6. The molecule has 1 aromatic heterocycles. The summed E-state index contributed by atoms with van der Waals surface area (Å²) < 4.78 is 16.2. The van der Waals surface area contributed by atoms with E-state index in [4.69, 9.17) is 13.9 Å². The maximum Gasteiger partial charge on any atom is 0.374 e. The third-order valence-electron chi connectivity index (χ3n) is 5.78. The lowest BCUT2D eigenvalue weighted by molar-refractivity contribution is -0.149. The van der Waals surface area contributed by atoms with Gasteiger partial charge in [0, 0.05) is 24.4 Å². The van der Waals surface area contributed by atoms with Crippen molar-refractivity contribution < 1.29 is 28.3 Å². The summed E-state index contributed by atoms with van der Waals surface area (Å²) in [7, 11) is 0. The number of hydrogen-bond acceptors (Lipinski definition) is 6. The van der Waals surface area contributed by atoms with Gasteiger partial charge in [-0.1, -0.05) is 31.0 Å². The number of likely N-dealkylation sites (tertiary alicyclic amines) is 1. The van der Waals surface area contributed by atoms with Gasteiger partial charge in [0.05, 0.1) is 18.1 Å². The van der Waals surface area contributed by atoms with Crippen molar-refractivity contribution in [2.45, 2.75) is 51.7 Å². The van der Waals surface area contributed by atoms with Gasteiger partial charge in [-0.15, -0.1) is 0 Å². The van der Waals surface area contributed by atoms with Gasteiger partial charge in [-0.3, -0.25) is 9.59 Å². The molecule has 2 aromatic rings. The van der Waals surface area contributed by atoms with Crippen LogP contribution in [0.4, 0.5) is 0 Å². The van der Waals surface area contributed by atoms with Crippen molar-refractivity contribution in [3.05, 3.63) is 35.6 Å². The van der Waals surface area contributed by atoms with Crippen molar-refractivity contribution in [2.24, 2.45) is 5.92 Å². The first kappa shape index (κ1) is 19.5. The molecule has 2 heterocycles. The number of para-hydroxylation sites is 1. The van der Waals surface area contributed by atoms with Gasteiger partial charge in [-0.25, -0.2) is 4.79 Å². The van der Waals surface area contributed by atoms with E-state index in [9.17, 15) is 14.4 Å². The van der Waals surface area contributed by atoms with Crippen LogP contribution in [-0.2, 0) is 25.7 Å². The van der Waals surface area contributed by atoms with Crippen LogP contribution in [0.2, 0.25) is 0 Å². The summed E-state index contributed by atoms with van der Waals surface area (Å²) in [6.45, 7) is 2.25. The molecule has 2 fully saturated rings.